The van der Waals surface area contributed by atoms with Crippen molar-refractivity contribution in [2.75, 3.05) is 24.3 Å². The van der Waals surface area contributed by atoms with Gasteiger partial charge in [0.05, 0.1) is 16.6 Å². The Morgan fingerprint density at radius 1 is 1.30 bits per heavy atom. The van der Waals surface area contributed by atoms with E-state index < -0.39 is 10.8 Å². The molecule has 1 amide bonds. The molecule has 3 N–H and O–H groups in total. The van der Waals surface area contributed by atoms with Crippen molar-refractivity contribution >= 4 is 23.1 Å². The first kappa shape index (κ1) is 14.6. The molecule has 23 heavy (non-hydrogen) atoms. The summed E-state index contributed by atoms with van der Waals surface area (Å²) in [7, 11) is 0. The molecule has 0 aliphatic carbocycles. The maximum Gasteiger partial charge on any atom is 0.296 e. The number of nitro benzene ring substituents is 1. The number of carbonyl (C=O) groups excluding carboxylic acids is 1. The number of carbonyl (C=O) groups is 1. The minimum absolute atomic E-state index is 0.00694. The van der Waals surface area contributed by atoms with Gasteiger partial charge in [0.2, 0.25) is 0 Å². The first-order chi connectivity index (χ1) is 11.1. The number of nitro groups is 1. The third kappa shape index (κ3) is 2.84. The van der Waals surface area contributed by atoms with Crippen LogP contribution in [0.2, 0.25) is 0 Å². The fraction of sp³-hybridized carbons (Fsp3) is 0.143. The number of nitrogens with zero attached hydrogens (tertiary/aromatic N) is 2. The summed E-state index contributed by atoms with van der Waals surface area (Å²) in [6, 6.07) is 5.60. The number of anilines is 2. The molecule has 2 heterocycles. The van der Waals surface area contributed by atoms with Crippen molar-refractivity contribution in [3.63, 3.8) is 0 Å². The Hall–Kier alpha value is -3.36. The fourth-order valence-corrected chi connectivity index (χ4v) is 2.13. The number of rotatable bonds is 3. The van der Waals surface area contributed by atoms with E-state index >= 15 is 0 Å². The molecule has 118 valence electrons. The molecular formula is C14H12N4O5. The Morgan fingerprint density at radius 3 is 2.65 bits per heavy atom. The molecule has 1 aliphatic rings. The van der Waals surface area contributed by atoms with Crippen LogP contribution in [0.3, 0.4) is 0 Å². The standard InChI is InChI=1S/C14H12N4O5/c15-13-8(2-1-3-16-13)14(19)17-9-6-11-12(23-5-4-22-11)7-10(9)18(20)21/h1-3,6-7H,4-5H2,(H2,15,16)(H,17,19). The third-order valence-corrected chi connectivity index (χ3v) is 3.19. The van der Waals surface area contributed by atoms with E-state index in [9.17, 15) is 14.9 Å². The molecule has 1 aliphatic heterocycles. The highest BCUT2D eigenvalue weighted by Crippen LogP contribution is 2.39. The molecule has 0 saturated carbocycles. The quantitative estimate of drug-likeness (QED) is 0.649. The van der Waals surface area contributed by atoms with E-state index in [4.69, 9.17) is 15.2 Å². The van der Waals surface area contributed by atoms with Gasteiger partial charge >= 0.3 is 0 Å². The molecule has 9 heteroatoms. The smallest absolute Gasteiger partial charge is 0.296 e. The van der Waals surface area contributed by atoms with Gasteiger partial charge in [-0.1, -0.05) is 0 Å². The molecule has 2 aromatic rings. The zero-order chi connectivity index (χ0) is 16.4. The second kappa shape index (κ2) is 5.79. The van der Waals surface area contributed by atoms with Gasteiger partial charge in [0.25, 0.3) is 11.6 Å². The molecule has 0 radical (unpaired) electrons. The van der Waals surface area contributed by atoms with Crippen LogP contribution in [0.15, 0.2) is 30.5 Å². The number of amides is 1. The maximum absolute atomic E-state index is 12.3. The van der Waals surface area contributed by atoms with Gasteiger partial charge < -0.3 is 20.5 Å². The fourth-order valence-electron chi connectivity index (χ4n) is 2.13. The zero-order valence-electron chi connectivity index (χ0n) is 11.8. The number of benzene rings is 1. The summed E-state index contributed by atoms with van der Waals surface area (Å²) in [6.45, 7) is 0.635. The van der Waals surface area contributed by atoms with Crippen LogP contribution in [-0.2, 0) is 0 Å². The number of nitrogen functional groups attached to an aromatic ring is 1. The second-order valence-corrected chi connectivity index (χ2v) is 4.66. The predicted octanol–water partition coefficient (Wildman–Crippen LogP) is 1.60. The lowest BCUT2D eigenvalue weighted by molar-refractivity contribution is -0.384. The van der Waals surface area contributed by atoms with Gasteiger partial charge in [0, 0.05) is 12.3 Å². The number of aromatic nitrogens is 1. The average Bonchev–Trinajstić information content (AvgIpc) is 2.54. The van der Waals surface area contributed by atoms with Crippen molar-refractivity contribution in [2.24, 2.45) is 0 Å². The van der Waals surface area contributed by atoms with Crippen molar-refractivity contribution < 1.29 is 19.2 Å². The van der Waals surface area contributed by atoms with Gasteiger partial charge in [0.15, 0.2) is 11.5 Å². The lowest BCUT2D eigenvalue weighted by atomic mass is 10.2. The first-order valence-corrected chi connectivity index (χ1v) is 6.66. The molecular weight excluding hydrogens is 304 g/mol. The van der Waals surface area contributed by atoms with Crippen molar-refractivity contribution in [1.29, 1.82) is 0 Å². The minimum Gasteiger partial charge on any atom is -0.486 e. The molecule has 0 saturated heterocycles. The van der Waals surface area contributed by atoms with Gasteiger partial charge in [0.1, 0.15) is 24.7 Å². The monoisotopic (exact) mass is 316 g/mol. The zero-order valence-corrected chi connectivity index (χ0v) is 11.8. The molecule has 0 fully saturated rings. The Labute approximate surface area is 130 Å². The Balaban J connectivity index is 1.97. The van der Waals surface area contributed by atoms with Gasteiger partial charge in [-0.05, 0) is 12.1 Å². The van der Waals surface area contributed by atoms with Gasteiger partial charge in [-0.2, -0.15) is 0 Å². The highest BCUT2D eigenvalue weighted by molar-refractivity contribution is 6.08. The van der Waals surface area contributed by atoms with E-state index in [1.54, 1.807) is 6.07 Å². The molecule has 0 bridgehead atoms. The lowest BCUT2D eigenvalue weighted by Gasteiger charge is -2.19. The summed E-state index contributed by atoms with van der Waals surface area (Å²) < 4.78 is 10.7. The molecule has 1 aromatic heterocycles. The number of fused-ring (bicyclic) bond motifs is 1. The van der Waals surface area contributed by atoms with E-state index in [-0.39, 0.29) is 28.5 Å². The predicted molar refractivity (Wildman–Crippen MR) is 80.7 cm³/mol. The van der Waals surface area contributed by atoms with Crippen LogP contribution >= 0.6 is 0 Å². The van der Waals surface area contributed by atoms with Crippen molar-refractivity contribution in [1.82, 2.24) is 4.98 Å². The van der Waals surface area contributed by atoms with Crippen LogP contribution in [-0.4, -0.2) is 29.0 Å². The second-order valence-electron chi connectivity index (χ2n) is 4.66. The normalized spacial score (nSPS) is 12.5. The third-order valence-electron chi connectivity index (χ3n) is 3.19. The SMILES string of the molecule is Nc1ncccc1C(=O)Nc1cc2c(cc1[N+](=O)[O-])OCCO2. The number of nitrogens with two attached hydrogens (primary N) is 1. The van der Waals surface area contributed by atoms with Gasteiger partial charge in [-0.3, -0.25) is 14.9 Å². The topological polar surface area (TPSA) is 130 Å². The summed E-state index contributed by atoms with van der Waals surface area (Å²) in [6.07, 6.45) is 1.44. The number of pyridine rings is 1. The van der Waals surface area contributed by atoms with Crippen LogP contribution in [0.4, 0.5) is 17.2 Å². The highest BCUT2D eigenvalue weighted by Gasteiger charge is 2.24. The molecule has 9 nitrogen and oxygen atoms in total. The molecule has 0 atom stereocenters. The van der Waals surface area contributed by atoms with E-state index in [2.05, 4.69) is 10.3 Å². The molecule has 1 aromatic carbocycles. The molecule has 0 unspecified atom stereocenters. The first-order valence-electron chi connectivity index (χ1n) is 6.66. The number of hydrogen-bond donors (Lipinski definition) is 2. The van der Waals surface area contributed by atoms with Crippen LogP contribution < -0.4 is 20.5 Å². The van der Waals surface area contributed by atoms with Crippen LogP contribution in [0, 0.1) is 10.1 Å². The Kier molecular flexibility index (Phi) is 3.67. The Bertz CT molecular complexity index is 793. The number of ether oxygens (including phenoxy) is 2. The van der Waals surface area contributed by atoms with Crippen molar-refractivity contribution in [2.45, 2.75) is 0 Å². The van der Waals surface area contributed by atoms with E-state index in [1.807, 2.05) is 0 Å². The molecule has 3 rings (SSSR count). The number of nitrogens with one attached hydrogen (secondary N) is 1. The van der Waals surface area contributed by atoms with Crippen molar-refractivity contribution in [3.05, 3.63) is 46.1 Å². The minimum atomic E-state index is -0.611. The van der Waals surface area contributed by atoms with E-state index in [0.717, 1.165) is 0 Å². The summed E-state index contributed by atoms with van der Waals surface area (Å²) in [4.78, 5) is 26.7. The summed E-state index contributed by atoms with van der Waals surface area (Å²) in [5.74, 6) is 0.0266. The largest absolute Gasteiger partial charge is 0.486 e. The van der Waals surface area contributed by atoms with Crippen LogP contribution in [0.25, 0.3) is 0 Å². The van der Waals surface area contributed by atoms with Gasteiger partial charge in [-0.25, -0.2) is 4.98 Å². The van der Waals surface area contributed by atoms with Crippen LogP contribution in [0.1, 0.15) is 10.4 Å². The van der Waals surface area contributed by atoms with E-state index in [1.165, 1.54) is 24.4 Å². The van der Waals surface area contributed by atoms with Crippen LogP contribution in [0.5, 0.6) is 11.5 Å². The van der Waals surface area contributed by atoms with Gasteiger partial charge in [-0.15, -0.1) is 0 Å². The highest BCUT2D eigenvalue weighted by atomic mass is 16.6. The average molecular weight is 316 g/mol. The maximum atomic E-state index is 12.3. The summed E-state index contributed by atoms with van der Waals surface area (Å²) in [5, 5.41) is 13.7. The van der Waals surface area contributed by atoms with Crippen molar-refractivity contribution in [3.8, 4) is 11.5 Å². The Morgan fingerprint density at radius 2 is 2.00 bits per heavy atom. The molecule has 0 spiro atoms. The lowest BCUT2D eigenvalue weighted by Crippen LogP contribution is -2.18. The number of hydrogen-bond acceptors (Lipinski definition) is 7. The van der Waals surface area contributed by atoms with E-state index in [0.29, 0.717) is 19.0 Å². The summed E-state index contributed by atoms with van der Waals surface area (Å²) >= 11 is 0. The summed E-state index contributed by atoms with van der Waals surface area (Å²) in [5.41, 5.74) is 5.45.